The molecular weight excluding hydrogens is 356 g/mol. The first-order valence-corrected chi connectivity index (χ1v) is 11.0. The molecule has 0 radical (unpaired) electrons. The van der Waals surface area contributed by atoms with Crippen LogP contribution in [0.4, 0.5) is 0 Å². The minimum absolute atomic E-state index is 0.1000. The van der Waals surface area contributed by atoms with Gasteiger partial charge in [0.05, 0.1) is 10.3 Å². The molecule has 2 aromatic heterocycles. The number of piperidine rings is 1. The molecule has 1 amide bonds. The summed E-state index contributed by atoms with van der Waals surface area (Å²) in [4.78, 5) is 23.8. The fraction of sp³-hybridized carbons (Fsp3) is 0.571. The molecule has 0 aromatic carbocycles. The maximum atomic E-state index is 12.8. The molecule has 1 aliphatic heterocycles. The van der Waals surface area contributed by atoms with Gasteiger partial charge in [0.25, 0.3) is 0 Å². The molecule has 0 unspecified atom stereocenters. The van der Waals surface area contributed by atoms with Gasteiger partial charge in [-0.15, -0.1) is 0 Å². The average molecular weight is 385 g/mol. The van der Waals surface area contributed by atoms with Crippen molar-refractivity contribution < 1.29 is 4.79 Å². The summed E-state index contributed by atoms with van der Waals surface area (Å²) >= 11 is 1.54. The lowest BCUT2D eigenvalue weighted by Crippen LogP contribution is -2.42. The molecule has 0 spiro atoms. The second-order valence-electron chi connectivity index (χ2n) is 7.76. The number of rotatable bonds is 6. The average Bonchev–Trinajstić information content (AvgIpc) is 3.13. The first-order chi connectivity index (χ1) is 13.2. The highest BCUT2D eigenvalue weighted by atomic mass is 32.2. The summed E-state index contributed by atoms with van der Waals surface area (Å²) in [6.45, 7) is 4.76. The second-order valence-corrected chi connectivity index (χ2v) is 9.12. The van der Waals surface area contributed by atoms with Crippen molar-refractivity contribution >= 4 is 17.7 Å². The third kappa shape index (κ3) is 4.37. The summed E-state index contributed by atoms with van der Waals surface area (Å²) in [7, 11) is 0. The Balaban J connectivity index is 1.31. The molecule has 2 aliphatic rings. The monoisotopic (exact) mass is 384 g/mol. The van der Waals surface area contributed by atoms with E-state index in [1.165, 1.54) is 25.1 Å². The van der Waals surface area contributed by atoms with Gasteiger partial charge in [0, 0.05) is 44.1 Å². The highest BCUT2D eigenvalue weighted by Gasteiger charge is 2.29. The predicted octanol–water partition coefficient (Wildman–Crippen LogP) is 3.97. The zero-order chi connectivity index (χ0) is 18.6. The van der Waals surface area contributed by atoms with E-state index in [2.05, 4.69) is 20.7 Å². The van der Waals surface area contributed by atoms with Crippen molar-refractivity contribution in [2.45, 2.75) is 61.8 Å². The van der Waals surface area contributed by atoms with Crippen LogP contribution in [0.15, 0.2) is 41.8 Å². The Kier molecular flexibility index (Phi) is 5.81. The third-order valence-corrected chi connectivity index (χ3v) is 6.92. The zero-order valence-corrected chi connectivity index (χ0v) is 16.8. The Bertz CT molecular complexity index is 751. The summed E-state index contributed by atoms with van der Waals surface area (Å²) in [6.07, 6.45) is 12.0. The van der Waals surface area contributed by atoms with Crippen LogP contribution in [-0.2, 0) is 11.3 Å². The van der Waals surface area contributed by atoms with Crippen LogP contribution in [0.5, 0.6) is 0 Å². The van der Waals surface area contributed by atoms with Crippen molar-refractivity contribution in [3.63, 3.8) is 0 Å². The Morgan fingerprint density at radius 3 is 2.67 bits per heavy atom. The number of imidazole rings is 1. The van der Waals surface area contributed by atoms with Crippen LogP contribution in [0.1, 0.15) is 50.8 Å². The molecule has 27 heavy (non-hydrogen) atoms. The molecule has 1 saturated heterocycles. The molecule has 1 saturated carbocycles. The van der Waals surface area contributed by atoms with Crippen LogP contribution in [-0.4, -0.2) is 43.7 Å². The number of thioether (sulfide) groups is 1. The summed E-state index contributed by atoms with van der Waals surface area (Å²) in [5.74, 6) is 2.76. The van der Waals surface area contributed by atoms with E-state index in [-0.39, 0.29) is 11.2 Å². The first kappa shape index (κ1) is 18.5. The van der Waals surface area contributed by atoms with E-state index < -0.39 is 0 Å². The predicted molar refractivity (Wildman–Crippen MR) is 108 cm³/mol. The molecule has 3 heterocycles. The number of hydrogen-bond donors (Lipinski definition) is 0. The van der Waals surface area contributed by atoms with Crippen molar-refractivity contribution in [2.75, 3.05) is 13.1 Å². The van der Waals surface area contributed by atoms with Gasteiger partial charge in [-0.2, -0.15) is 0 Å². The summed E-state index contributed by atoms with van der Waals surface area (Å²) in [5.41, 5.74) is 0. The number of nitrogens with zero attached hydrogens (tertiary/aromatic N) is 4. The zero-order valence-electron chi connectivity index (χ0n) is 16.0. The lowest BCUT2D eigenvalue weighted by Gasteiger charge is -2.34. The third-order valence-electron chi connectivity index (χ3n) is 5.88. The maximum Gasteiger partial charge on any atom is 0.235 e. The van der Waals surface area contributed by atoms with Crippen molar-refractivity contribution in [1.82, 2.24) is 19.4 Å². The summed E-state index contributed by atoms with van der Waals surface area (Å²) in [6, 6.07) is 5.82. The van der Waals surface area contributed by atoms with Crippen LogP contribution in [0, 0.1) is 5.92 Å². The molecule has 144 valence electrons. The normalized spacial score (nSPS) is 19.7. The fourth-order valence-electron chi connectivity index (χ4n) is 4.05. The first-order valence-electron chi connectivity index (χ1n) is 10.1. The SMILES string of the molecule is C[C@@H](Sc1ccccn1)C(=O)N1CCC(c2nccn2CC2CCC2)CC1. The topological polar surface area (TPSA) is 51.0 Å². The molecule has 2 aromatic rings. The number of amides is 1. The fourth-order valence-corrected chi connectivity index (χ4v) is 4.94. The standard InChI is InChI=1S/C21H28N4OS/c1-16(27-19-7-2-3-10-22-19)21(26)24-12-8-18(9-13-24)20-23-11-14-25(20)15-17-5-4-6-17/h2-3,7,10-11,14,16-18H,4-6,8-9,12-13,15H2,1H3/t16-/m1/s1. The number of hydrogen-bond acceptors (Lipinski definition) is 4. The van der Waals surface area contributed by atoms with Gasteiger partial charge in [-0.1, -0.05) is 24.2 Å². The Labute approximate surface area is 165 Å². The minimum atomic E-state index is -0.1000. The molecule has 4 rings (SSSR count). The Morgan fingerprint density at radius 1 is 1.19 bits per heavy atom. The van der Waals surface area contributed by atoms with Crippen LogP contribution >= 0.6 is 11.8 Å². The van der Waals surface area contributed by atoms with Crippen molar-refractivity contribution in [2.24, 2.45) is 5.92 Å². The Morgan fingerprint density at radius 2 is 2.00 bits per heavy atom. The number of aromatic nitrogens is 3. The number of carbonyl (C=O) groups is 1. The minimum Gasteiger partial charge on any atom is -0.342 e. The molecule has 6 heteroatoms. The lowest BCUT2D eigenvalue weighted by molar-refractivity contribution is -0.131. The second kappa shape index (κ2) is 8.46. The maximum absolute atomic E-state index is 12.8. The largest absolute Gasteiger partial charge is 0.342 e. The van der Waals surface area contributed by atoms with E-state index in [4.69, 9.17) is 0 Å². The van der Waals surface area contributed by atoms with Gasteiger partial charge in [-0.05, 0) is 50.7 Å². The summed E-state index contributed by atoms with van der Waals surface area (Å²) in [5, 5.41) is 0.809. The molecule has 5 nitrogen and oxygen atoms in total. The van der Waals surface area contributed by atoms with Crippen LogP contribution in [0.2, 0.25) is 0 Å². The van der Waals surface area contributed by atoms with Gasteiger partial charge in [0.2, 0.25) is 5.91 Å². The van der Waals surface area contributed by atoms with Gasteiger partial charge < -0.3 is 9.47 Å². The van der Waals surface area contributed by atoms with Gasteiger partial charge in [-0.25, -0.2) is 9.97 Å². The molecule has 1 atom stereocenters. The van der Waals surface area contributed by atoms with Gasteiger partial charge >= 0.3 is 0 Å². The molecule has 0 bridgehead atoms. The number of carbonyl (C=O) groups excluding carboxylic acids is 1. The van der Waals surface area contributed by atoms with E-state index in [0.29, 0.717) is 5.92 Å². The van der Waals surface area contributed by atoms with Crippen molar-refractivity contribution in [3.05, 3.63) is 42.6 Å². The quantitative estimate of drug-likeness (QED) is 0.707. The number of pyridine rings is 1. The lowest BCUT2D eigenvalue weighted by atomic mass is 9.85. The smallest absolute Gasteiger partial charge is 0.235 e. The van der Waals surface area contributed by atoms with Crippen LogP contribution in [0.3, 0.4) is 0 Å². The molecule has 0 N–H and O–H groups in total. The highest BCUT2D eigenvalue weighted by molar-refractivity contribution is 8.00. The number of likely N-dealkylation sites (tertiary alicyclic amines) is 1. The highest BCUT2D eigenvalue weighted by Crippen LogP contribution is 2.32. The van der Waals surface area contributed by atoms with Gasteiger partial charge in [0.15, 0.2) is 0 Å². The van der Waals surface area contributed by atoms with Gasteiger partial charge in [0.1, 0.15) is 5.82 Å². The van der Waals surface area contributed by atoms with E-state index in [1.807, 2.05) is 36.2 Å². The molecule has 2 fully saturated rings. The van der Waals surface area contributed by atoms with E-state index in [9.17, 15) is 4.79 Å². The van der Waals surface area contributed by atoms with E-state index in [1.54, 1.807) is 18.0 Å². The van der Waals surface area contributed by atoms with Crippen molar-refractivity contribution in [1.29, 1.82) is 0 Å². The van der Waals surface area contributed by atoms with E-state index >= 15 is 0 Å². The van der Waals surface area contributed by atoms with Crippen molar-refractivity contribution in [3.8, 4) is 0 Å². The summed E-state index contributed by atoms with van der Waals surface area (Å²) < 4.78 is 2.37. The van der Waals surface area contributed by atoms with Gasteiger partial charge in [-0.3, -0.25) is 4.79 Å². The van der Waals surface area contributed by atoms with Crippen LogP contribution < -0.4 is 0 Å². The van der Waals surface area contributed by atoms with Crippen LogP contribution in [0.25, 0.3) is 0 Å². The molecular formula is C21H28N4OS. The van der Waals surface area contributed by atoms with E-state index in [0.717, 1.165) is 43.4 Å². The Hall–Kier alpha value is -1.82. The molecule has 1 aliphatic carbocycles.